The van der Waals surface area contributed by atoms with Crippen LogP contribution in [-0.2, 0) is 13.1 Å². The number of nitrogens with one attached hydrogen (secondary N) is 2. The van der Waals surface area contributed by atoms with Crippen LogP contribution in [0.15, 0.2) is 84.9 Å². The molecule has 1 amide bonds. The Labute approximate surface area is 178 Å². The quantitative estimate of drug-likeness (QED) is 0.339. The van der Waals surface area contributed by atoms with E-state index < -0.39 is 10.8 Å². The molecule has 0 spiro atoms. The molecule has 0 aliphatic carbocycles. The number of rotatable bonds is 7. The van der Waals surface area contributed by atoms with Crippen LogP contribution in [0.5, 0.6) is 0 Å². The monoisotopic (exact) mass is 412 g/mol. The number of benzene rings is 3. The first kappa shape index (κ1) is 20.0. The van der Waals surface area contributed by atoms with Crippen LogP contribution in [-0.4, -0.2) is 15.8 Å². The van der Waals surface area contributed by atoms with Crippen molar-refractivity contribution < 1.29 is 9.72 Å². The van der Waals surface area contributed by atoms with Crippen molar-refractivity contribution in [2.45, 2.75) is 13.1 Å². The number of para-hydroxylation sites is 1. The lowest BCUT2D eigenvalue weighted by atomic mass is 10.1. The summed E-state index contributed by atoms with van der Waals surface area (Å²) >= 11 is 0. The number of carbonyl (C=O) groups excluding carboxylic acids is 1. The summed E-state index contributed by atoms with van der Waals surface area (Å²) in [6, 6.07) is 25.8. The van der Waals surface area contributed by atoms with Crippen molar-refractivity contribution >= 4 is 28.3 Å². The van der Waals surface area contributed by atoms with Gasteiger partial charge in [-0.15, -0.1) is 0 Å². The second-order valence-electron chi connectivity index (χ2n) is 6.97. The lowest BCUT2D eigenvalue weighted by Crippen LogP contribution is -2.24. The van der Waals surface area contributed by atoms with Gasteiger partial charge >= 0.3 is 5.69 Å². The summed E-state index contributed by atoms with van der Waals surface area (Å²) in [6.07, 6.45) is 0. The molecule has 0 aliphatic heterocycles. The first-order valence-electron chi connectivity index (χ1n) is 9.80. The van der Waals surface area contributed by atoms with Crippen molar-refractivity contribution in [3.63, 3.8) is 0 Å². The van der Waals surface area contributed by atoms with Gasteiger partial charge < -0.3 is 10.6 Å². The van der Waals surface area contributed by atoms with Crippen molar-refractivity contribution in [2.24, 2.45) is 0 Å². The van der Waals surface area contributed by atoms with Gasteiger partial charge in [0.15, 0.2) is 0 Å². The highest BCUT2D eigenvalue weighted by Crippen LogP contribution is 2.33. The summed E-state index contributed by atoms with van der Waals surface area (Å²) < 4.78 is 0. The van der Waals surface area contributed by atoms with Gasteiger partial charge in [0, 0.05) is 18.5 Å². The molecule has 154 valence electrons. The predicted molar refractivity (Wildman–Crippen MR) is 120 cm³/mol. The molecule has 7 heteroatoms. The number of nitrogens with zero attached hydrogens (tertiary/aromatic N) is 2. The van der Waals surface area contributed by atoms with E-state index in [1.165, 1.54) is 0 Å². The van der Waals surface area contributed by atoms with Crippen molar-refractivity contribution in [2.75, 3.05) is 5.32 Å². The zero-order chi connectivity index (χ0) is 21.6. The van der Waals surface area contributed by atoms with Crippen LogP contribution in [0, 0.1) is 10.1 Å². The summed E-state index contributed by atoms with van der Waals surface area (Å²) in [5.74, 6) is -0.450. The van der Waals surface area contributed by atoms with E-state index in [1.54, 1.807) is 24.3 Å². The number of nitro groups is 1. The molecule has 7 nitrogen and oxygen atoms in total. The molecule has 1 aromatic heterocycles. The minimum atomic E-state index is -0.551. The van der Waals surface area contributed by atoms with Crippen molar-refractivity contribution in [1.29, 1.82) is 0 Å². The lowest BCUT2D eigenvalue weighted by Gasteiger charge is -2.13. The number of pyridine rings is 1. The van der Waals surface area contributed by atoms with Gasteiger partial charge in [0.2, 0.25) is 5.82 Å². The van der Waals surface area contributed by atoms with Crippen LogP contribution in [0.25, 0.3) is 10.9 Å². The Kier molecular flexibility index (Phi) is 5.84. The Morgan fingerprint density at radius 1 is 0.839 bits per heavy atom. The van der Waals surface area contributed by atoms with E-state index in [-0.39, 0.29) is 23.6 Å². The van der Waals surface area contributed by atoms with E-state index in [4.69, 9.17) is 0 Å². The number of hydrogen-bond donors (Lipinski definition) is 2. The Balaban J connectivity index is 1.73. The van der Waals surface area contributed by atoms with Gasteiger partial charge in [0.1, 0.15) is 5.56 Å². The number of anilines is 1. The molecular formula is C24H20N4O3. The third-order valence-electron chi connectivity index (χ3n) is 4.88. The van der Waals surface area contributed by atoms with E-state index in [0.29, 0.717) is 17.4 Å². The molecule has 0 bridgehead atoms. The Morgan fingerprint density at radius 3 is 2.06 bits per heavy atom. The van der Waals surface area contributed by atoms with Crippen molar-refractivity contribution in [3.8, 4) is 0 Å². The van der Waals surface area contributed by atoms with E-state index >= 15 is 0 Å². The maximum absolute atomic E-state index is 13.1. The topological polar surface area (TPSA) is 97.2 Å². The van der Waals surface area contributed by atoms with E-state index in [2.05, 4.69) is 15.6 Å². The lowest BCUT2D eigenvalue weighted by molar-refractivity contribution is -0.384. The molecule has 4 rings (SSSR count). The van der Waals surface area contributed by atoms with Crippen LogP contribution in [0.3, 0.4) is 0 Å². The first-order valence-corrected chi connectivity index (χ1v) is 9.80. The van der Waals surface area contributed by atoms with Gasteiger partial charge in [-0.2, -0.15) is 0 Å². The highest BCUT2D eigenvalue weighted by molar-refractivity contribution is 6.11. The minimum absolute atomic E-state index is 0.00194. The Bertz CT molecular complexity index is 1230. The van der Waals surface area contributed by atoms with Gasteiger partial charge in [-0.05, 0) is 17.2 Å². The second-order valence-corrected chi connectivity index (χ2v) is 6.97. The molecule has 0 radical (unpaired) electrons. The largest absolute Gasteiger partial charge is 0.360 e. The highest BCUT2D eigenvalue weighted by atomic mass is 16.6. The van der Waals surface area contributed by atoms with Gasteiger partial charge in [-0.1, -0.05) is 78.9 Å². The zero-order valence-corrected chi connectivity index (χ0v) is 16.6. The van der Waals surface area contributed by atoms with Gasteiger partial charge in [0.25, 0.3) is 5.91 Å². The van der Waals surface area contributed by atoms with Crippen molar-refractivity contribution in [1.82, 2.24) is 10.3 Å². The smallest absolute Gasteiger partial charge is 0.324 e. The maximum atomic E-state index is 13.1. The summed E-state index contributed by atoms with van der Waals surface area (Å²) in [5.41, 5.74) is 2.02. The molecule has 31 heavy (non-hydrogen) atoms. The molecule has 0 unspecified atom stereocenters. The standard InChI is InChI=1S/C24H20N4O3/c29-24(26-16-18-11-5-2-6-12-18)21-19-13-7-8-14-20(19)27-23(22(21)28(30)31)25-15-17-9-3-1-4-10-17/h1-14H,15-16H2,(H,25,27)(H,26,29). The summed E-state index contributed by atoms with van der Waals surface area (Å²) in [4.78, 5) is 29.0. The molecule has 0 saturated heterocycles. The molecule has 3 aromatic carbocycles. The second kappa shape index (κ2) is 9.04. The number of carbonyl (C=O) groups is 1. The molecule has 0 aliphatic rings. The predicted octanol–water partition coefficient (Wildman–Crippen LogP) is 4.69. The maximum Gasteiger partial charge on any atom is 0.324 e. The minimum Gasteiger partial charge on any atom is -0.360 e. The van der Waals surface area contributed by atoms with Crippen LogP contribution in [0.4, 0.5) is 11.5 Å². The van der Waals surface area contributed by atoms with Gasteiger partial charge in [-0.3, -0.25) is 14.9 Å². The zero-order valence-electron chi connectivity index (χ0n) is 16.6. The first-order chi connectivity index (χ1) is 15.1. The van der Waals surface area contributed by atoms with Crippen molar-refractivity contribution in [3.05, 3.63) is 112 Å². The fourth-order valence-corrected chi connectivity index (χ4v) is 3.38. The number of aromatic nitrogens is 1. The van der Waals surface area contributed by atoms with Crippen LogP contribution in [0.1, 0.15) is 21.5 Å². The van der Waals surface area contributed by atoms with Crippen LogP contribution >= 0.6 is 0 Å². The average Bonchev–Trinajstić information content (AvgIpc) is 2.81. The molecule has 2 N–H and O–H groups in total. The SMILES string of the molecule is O=C(NCc1ccccc1)c1c([N+](=O)[O-])c(NCc2ccccc2)nc2ccccc12. The molecular weight excluding hydrogens is 392 g/mol. The Morgan fingerprint density at radius 2 is 1.42 bits per heavy atom. The summed E-state index contributed by atoms with van der Waals surface area (Å²) in [6.45, 7) is 0.609. The highest BCUT2D eigenvalue weighted by Gasteiger charge is 2.29. The fourth-order valence-electron chi connectivity index (χ4n) is 3.38. The summed E-state index contributed by atoms with van der Waals surface area (Å²) in [7, 11) is 0. The Hall–Kier alpha value is -4.26. The normalized spacial score (nSPS) is 10.6. The molecule has 0 fully saturated rings. The average molecular weight is 412 g/mol. The van der Waals surface area contributed by atoms with E-state index in [9.17, 15) is 14.9 Å². The summed E-state index contributed by atoms with van der Waals surface area (Å²) in [5, 5.41) is 18.3. The van der Waals surface area contributed by atoms with E-state index in [1.807, 2.05) is 60.7 Å². The fraction of sp³-hybridized carbons (Fsp3) is 0.0833. The molecule has 0 saturated carbocycles. The third kappa shape index (κ3) is 4.51. The number of amides is 1. The molecule has 1 heterocycles. The number of fused-ring (bicyclic) bond motifs is 1. The van der Waals surface area contributed by atoms with Gasteiger partial charge in [0.05, 0.1) is 10.4 Å². The van der Waals surface area contributed by atoms with E-state index in [0.717, 1.165) is 11.1 Å². The number of hydrogen-bond acceptors (Lipinski definition) is 5. The molecule has 0 atom stereocenters. The van der Waals surface area contributed by atoms with Crippen LogP contribution in [0.2, 0.25) is 0 Å². The van der Waals surface area contributed by atoms with Crippen LogP contribution < -0.4 is 10.6 Å². The third-order valence-corrected chi connectivity index (χ3v) is 4.88. The van der Waals surface area contributed by atoms with Gasteiger partial charge in [-0.25, -0.2) is 4.98 Å². The molecule has 4 aromatic rings.